The van der Waals surface area contributed by atoms with Crippen LogP contribution in [0, 0.1) is 5.41 Å². The zero-order chi connectivity index (χ0) is 14.7. The molecule has 0 radical (unpaired) electrons. The van der Waals surface area contributed by atoms with Gasteiger partial charge in [-0.15, -0.1) is 0 Å². The molecule has 0 saturated carbocycles. The first-order valence-electron chi connectivity index (χ1n) is 7.95. The Balaban J connectivity index is 3.89. The highest BCUT2D eigenvalue weighted by atomic mass is 15.1. The minimum atomic E-state index is 0.442. The van der Waals surface area contributed by atoms with Gasteiger partial charge in [-0.2, -0.15) is 0 Å². The first-order valence-corrected chi connectivity index (χ1v) is 7.95. The Labute approximate surface area is 121 Å². The Morgan fingerprint density at radius 3 is 2.00 bits per heavy atom. The molecule has 0 unspecified atom stereocenters. The van der Waals surface area contributed by atoms with Gasteiger partial charge in [-0.05, 0) is 64.4 Å². The SMILES string of the molecule is CNCCCN(CCCNC(C)C)CCC(C)(C)C. The molecule has 0 bridgehead atoms. The minimum Gasteiger partial charge on any atom is -0.320 e. The van der Waals surface area contributed by atoms with Gasteiger partial charge in [0.15, 0.2) is 0 Å². The highest BCUT2D eigenvalue weighted by Gasteiger charge is 2.13. The van der Waals surface area contributed by atoms with Gasteiger partial charge in [-0.25, -0.2) is 0 Å². The molecule has 0 aliphatic carbocycles. The lowest BCUT2D eigenvalue weighted by Gasteiger charge is -2.27. The molecule has 116 valence electrons. The third kappa shape index (κ3) is 14.1. The van der Waals surface area contributed by atoms with Crippen LogP contribution in [0.4, 0.5) is 0 Å². The van der Waals surface area contributed by atoms with Crippen molar-refractivity contribution >= 4 is 0 Å². The Kier molecular flexibility index (Phi) is 10.6. The van der Waals surface area contributed by atoms with Crippen molar-refractivity contribution in [3.8, 4) is 0 Å². The lowest BCUT2D eigenvalue weighted by atomic mass is 9.92. The van der Waals surface area contributed by atoms with Crippen molar-refractivity contribution in [3.05, 3.63) is 0 Å². The fraction of sp³-hybridized carbons (Fsp3) is 1.00. The predicted octanol–water partition coefficient (Wildman–Crippen LogP) is 2.72. The van der Waals surface area contributed by atoms with Crippen LogP contribution >= 0.6 is 0 Å². The van der Waals surface area contributed by atoms with Crippen molar-refractivity contribution in [1.82, 2.24) is 15.5 Å². The summed E-state index contributed by atoms with van der Waals surface area (Å²) in [6.45, 7) is 17.4. The molecule has 0 aromatic carbocycles. The van der Waals surface area contributed by atoms with E-state index < -0.39 is 0 Å². The van der Waals surface area contributed by atoms with E-state index >= 15 is 0 Å². The van der Waals surface area contributed by atoms with Crippen LogP contribution < -0.4 is 10.6 Å². The molecular formula is C16H37N3. The van der Waals surface area contributed by atoms with Crippen molar-refractivity contribution in [2.45, 2.75) is 59.9 Å². The number of rotatable bonds is 11. The van der Waals surface area contributed by atoms with E-state index in [4.69, 9.17) is 0 Å². The Bertz CT molecular complexity index is 197. The molecule has 0 saturated heterocycles. The molecule has 0 heterocycles. The van der Waals surface area contributed by atoms with Crippen LogP contribution in [0.25, 0.3) is 0 Å². The zero-order valence-corrected chi connectivity index (χ0v) is 14.2. The summed E-state index contributed by atoms with van der Waals surface area (Å²) in [5, 5.41) is 6.74. The smallest absolute Gasteiger partial charge is 0.00103 e. The Hall–Kier alpha value is -0.120. The molecule has 0 aliphatic rings. The van der Waals surface area contributed by atoms with Crippen molar-refractivity contribution in [2.75, 3.05) is 39.8 Å². The Morgan fingerprint density at radius 2 is 1.53 bits per heavy atom. The van der Waals surface area contributed by atoms with Crippen molar-refractivity contribution in [3.63, 3.8) is 0 Å². The summed E-state index contributed by atoms with van der Waals surface area (Å²) >= 11 is 0. The van der Waals surface area contributed by atoms with Gasteiger partial charge in [-0.3, -0.25) is 0 Å². The topological polar surface area (TPSA) is 27.3 Å². The maximum absolute atomic E-state index is 3.50. The van der Waals surface area contributed by atoms with Crippen LogP contribution in [0.1, 0.15) is 53.9 Å². The van der Waals surface area contributed by atoms with Gasteiger partial charge in [0.1, 0.15) is 0 Å². The quantitative estimate of drug-likeness (QED) is 0.566. The normalized spacial score (nSPS) is 12.6. The number of nitrogens with one attached hydrogen (secondary N) is 2. The maximum Gasteiger partial charge on any atom is 0.00103 e. The second kappa shape index (κ2) is 10.6. The van der Waals surface area contributed by atoms with Gasteiger partial charge >= 0.3 is 0 Å². The number of hydrogen-bond acceptors (Lipinski definition) is 3. The lowest BCUT2D eigenvalue weighted by molar-refractivity contribution is 0.222. The van der Waals surface area contributed by atoms with Crippen LogP contribution in [-0.4, -0.2) is 50.7 Å². The van der Waals surface area contributed by atoms with E-state index in [-0.39, 0.29) is 0 Å². The van der Waals surface area contributed by atoms with E-state index in [1.54, 1.807) is 0 Å². The standard InChI is InChI=1S/C16H37N3/c1-15(2)18-11-8-13-19(12-7-10-17-6)14-9-16(3,4)5/h15,17-18H,7-14H2,1-6H3. The fourth-order valence-electron chi connectivity index (χ4n) is 2.00. The van der Waals surface area contributed by atoms with Crippen LogP contribution in [0.2, 0.25) is 0 Å². The summed E-state index contributed by atoms with van der Waals surface area (Å²) in [5.41, 5.74) is 0.442. The molecule has 0 aromatic heterocycles. The molecule has 0 rings (SSSR count). The van der Waals surface area contributed by atoms with Crippen LogP contribution in [0.15, 0.2) is 0 Å². The van der Waals surface area contributed by atoms with Gasteiger partial charge in [-0.1, -0.05) is 34.6 Å². The minimum absolute atomic E-state index is 0.442. The van der Waals surface area contributed by atoms with E-state index in [0.717, 1.165) is 13.1 Å². The van der Waals surface area contributed by atoms with E-state index in [0.29, 0.717) is 11.5 Å². The molecule has 2 N–H and O–H groups in total. The molecule has 0 spiro atoms. The Morgan fingerprint density at radius 1 is 0.947 bits per heavy atom. The summed E-state index contributed by atoms with van der Waals surface area (Å²) in [6, 6.07) is 0.604. The van der Waals surface area contributed by atoms with Gasteiger partial charge in [0.25, 0.3) is 0 Å². The average molecular weight is 271 g/mol. The summed E-state index contributed by atoms with van der Waals surface area (Å²) in [7, 11) is 2.03. The van der Waals surface area contributed by atoms with E-state index in [1.807, 2.05) is 7.05 Å². The maximum atomic E-state index is 3.50. The molecular weight excluding hydrogens is 234 g/mol. The molecule has 0 fully saturated rings. The second-order valence-corrected chi connectivity index (χ2v) is 7.07. The average Bonchev–Trinajstić information content (AvgIpc) is 2.29. The van der Waals surface area contributed by atoms with Crippen molar-refractivity contribution in [2.24, 2.45) is 5.41 Å². The molecule has 19 heavy (non-hydrogen) atoms. The summed E-state index contributed by atoms with van der Waals surface area (Å²) < 4.78 is 0. The van der Waals surface area contributed by atoms with Gasteiger partial charge in [0.05, 0.1) is 0 Å². The highest BCUT2D eigenvalue weighted by Crippen LogP contribution is 2.18. The molecule has 0 aliphatic heterocycles. The molecule has 0 atom stereocenters. The monoisotopic (exact) mass is 271 g/mol. The van der Waals surface area contributed by atoms with Crippen molar-refractivity contribution < 1.29 is 0 Å². The molecule has 3 heteroatoms. The highest BCUT2D eigenvalue weighted by molar-refractivity contribution is 4.67. The van der Waals surface area contributed by atoms with Gasteiger partial charge < -0.3 is 15.5 Å². The zero-order valence-electron chi connectivity index (χ0n) is 14.2. The largest absolute Gasteiger partial charge is 0.320 e. The molecule has 0 amide bonds. The molecule has 0 aromatic rings. The summed E-state index contributed by atoms with van der Waals surface area (Å²) in [4.78, 5) is 2.63. The fourth-order valence-corrected chi connectivity index (χ4v) is 2.00. The van der Waals surface area contributed by atoms with Crippen molar-refractivity contribution in [1.29, 1.82) is 0 Å². The van der Waals surface area contributed by atoms with Crippen LogP contribution in [0.3, 0.4) is 0 Å². The first-order chi connectivity index (χ1) is 8.85. The number of hydrogen-bond donors (Lipinski definition) is 2. The predicted molar refractivity (Wildman–Crippen MR) is 86.8 cm³/mol. The first kappa shape index (κ1) is 18.9. The van der Waals surface area contributed by atoms with E-state index in [9.17, 15) is 0 Å². The lowest BCUT2D eigenvalue weighted by Crippen LogP contribution is -2.33. The summed E-state index contributed by atoms with van der Waals surface area (Å²) in [5.74, 6) is 0. The van der Waals surface area contributed by atoms with Gasteiger partial charge in [0.2, 0.25) is 0 Å². The van der Waals surface area contributed by atoms with E-state index in [2.05, 4.69) is 50.2 Å². The van der Waals surface area contributed by atoms with Gasteiger partial charge in [0, 0.05) is 6.04 Å². The van der Waals surface area contributed by atoms with Crippen LogP contribution in [-0.2, 0) is 0 Å². The summed E-state index contributed by atoms with van der Waals surface area (Å²) in [6.07, 6.45) is 3.78. The molecule has 3 nitrogen and oxygen atoms in total. The second-order valence-electron chi connectivity index (χ2n) is 7.07. The van der Waals surface area contributed by atoms with Crippen LogP contribution in [0.5, 0.6) is 0 Å². The van der Waals surface area contributed by atoms with E-state index in [1.165, 1.54) is 38.9 Å². The third-order valence-electron chi connectivity index (χ3n) is 3.28. The number of nitrogens with zero attached hydrogens (tertiary/aromatic N) is 1. The third-order valence-corrected chi connectivity index (χ3v) is 3.28.